The molecule has 0 aliphatic carbocycles. The Bertz CT molecular complexity index is 255. The van der Waals surface area contributed by atoms with Crippen molar-refractivity contribution < 1.29 is 0 Å². The van der Waals surface area contributed by atoms with Crippen LogP contribution in [0.5, 0.6) is 0 Å². The zero-order chi connectivity index (χ0) is 11.6. The molecule has 0 saturated heterocycles. The van der Waals surface area contributed by atoms with Crippen LogP contribution in [0.25, 0.3) is 0 Å². The van der Waals surface area contributed by atoms with Crippen molar-refractivity contribution in [3.05, 3.63) is 35.9 Å². The number of rotatable bonds is 8. The first-order chi connectivity index (χ1) is 7.83. The number of hydrogen-bond donors (Lipinski definition) is 0. The Hall–Kier alpha value is -0.820. The predicted octanol–water partition coefficient (Wildman–Crippen LogP) is 3.74. The highest BCUT2D eigenvalue weighted by atomic mass is 15.1. The summed E-state index contributed by atoms with van der Waals surface area (Å²) in [5.41, 5.74) is 1.47. The second-order valence-corrected chi connectivity index (χ2v) is 4.60. The Morgan fingerprint density at radius 2 is 1.62 bits per heavy atom. The molecule has 0 unspecified atom stereocenters. The van der Waals surface area contributed by atoms with Crippen molar-refractivity contribution in [2.45, 2.75) is 39.0 Å². The van der Waals surface area contributed by atoms with Crippen LogP contribution in [-0.2, 0) is 6.42 Å². The first-order valence-electron chi connectivity index (χ1n) is 6.55. The van der Waals surface area contributed by atoms with Gasteiger partial charge in [0.2, 0.25) is 0 Å². The van der Waals surface area contributed by atoms with Crippen molar-refractivity contribution in [2.24, 2.45) is 0 Å². The van der Waals surface area contributed by atoms with E-state index in [9.17, 15) is 0 Å². The van der Waals surface area contributed by atoms with Gasteiger partial charge in [0.05, 0.1) is 0 Å². The Morgan fingerprint density at radius 1 is 0.938 bits per heavy atom. The minimum absolute atomic E-state index is 1.22. The van der Waals surface area contributed by atoms with E-state index in [1.807, 2.05) is 0 Å². The van der Waals surface area contributed by atoms with E-state index in [-0.39, 0.29) is 0 Å². The number of benzene rings is 1. The van der Waals surface area contributed by atoms with Crippen LogP contribution < -0.4 is 0 Å². The molecule has 0 aliphatic rings. The molecule has 1 aromatic carbocycles. The smallest absolute Gasteiger partial charge is 0.00217 e. The maximum absolute atomic E-state index is 2.45. The summed E-state index contributed by atoms with van der Waals surface area (Å²) in [7, 11) is 2.23. The van der Waals surface area contributed by atoms with Gasteiger partial charge in [0.1, 0.15) is 0 Å². The molecule has 0 heterocycles. The van der Waals surface area contributed by atoms with Crippen molar-refractivity contribution in [2.75, 3.05) is 20.1 Å². The van der Waals surface area contributed by atoms with E-state index in [1.165, 1.54) is 50.8 Å². The van der Waals surface area contributed by atoms with Crippen LogP contribution in [0.3, 0.4) is 0 Å². The third-order valence-corrected chi connectivity index (χ3v) is 2.99. The average Bonchev–Trinajstić information content (AvgIpc) is 2.33. The van der Waals surface area contributed by atoms with Gasteiger partial charge in [0.15, 0.2) is 0 Å². The summed E-state index contributed by atoms with van der Waals surface area (Å²) in [6.45, 7) is 4.75. The molecule has 0 radical (unpaired) electrons. The number of hydrogen-bond acceptors (Lipinski definition) is 1. The fourth-order valence-electron chi connectivity index (χ4n) is 1.90. The number of nitrogens with zero attached hydrogens (tertiary/aromatic N) is 1. The van der Waals surface area contributed by atoms with Crippen molar-refractivity contribution in [1.29, 1.82) is 0 Å². The van der Waals surface area contributed by atoms with Crippen LogP contribution in [0.4, 0.5) is 0 Å². The molecule has 0 atom stereocenters. The third-order valence-electron chi connectivity index (χ3n) is 2.99. The molecule has 0 N–H and O–H groups in total. The molecule has 1 heteroatoms. The van der Waals surface area contributed by atoms with Crippen LogP contribution >= 0.6 is 0 Å². The number of aryl methyl sites for hydroxylation is 1. The van der Waals surface area contributed by atoms with Gasteiger partial charge in [-0.2, -0.15) is 0 Å². The SMILES string of the molecule is CCCCN(C)CCCCc1ccccc1. The second kappa shape index (κ2) is 8.35. The van der Waals surface area contributed by atoms with Crippen molar-refractivity contribution in [3.8, 4) is 0 Å². The lowest BCUT2D eigenvalue weighted by molar-refractivity contribution is 0.320. The van der Waals surface area contributed by atoms with Gasteiger partial charge >= 0.3 is 0 Å². The highest BCUT2D eigenvalue weighted by Gasteiger charge is 1.97. The lowest BCUT2D eigenvalue weighted by atomic mass is 10.1. The van der Waals surface area contributed by atoms with Gasteiger partial charge in [-0.3, -0.25) is 0 Å². The summed E-state index contributed by atoms with van der Waals surface area (Å²) in [6, 6.07) is 10.8. The van der Waals surface area contributed by atoms with Gasteiger partial charge in [-0.05, 0) is 51.4 Å². The molecule has 1 aromatic rings. The molecule has 16 heavy (non-hydrogen) atoms. The summed E-state index contributed by atoms with van der Waals surface area (Å²) in [5, 5.41) is 0. The Balaban J connectivity index is 2.03. The highest BCUT2D eigenvalue weighted by Crippen LogP contribution is 2.05. The Labute approximate surface area is 100 Å². The first kappa shape index (κ1) is 13.2. The highest BCUT2D eigenvalue weighted by molar-refractivity contribution is 5.14. The molecule has 0 amide bonds. The molecule has 1 rings (SSSR count). The van der Waals surface area contributed by atoms with Gasteiger partial charge in [0, 0.05) is 0 Å². The fourth-order valence-corrected chi connectivity index (χ4v) is 1.90. The van der Waals surface area contributed by atoms with Crippen LogP contribution in [0.1, 0.15) is 38.2 Å². The van der Waals surface area contributed by atoms with Gasteiger partial charge in [-0.25, -0.2) is 0 Å². The summed E-state index contributed by atoms with van der Waals surface area (Å²) < 4.78 is 0. The molecule has 0 aliphatic heterocycles. The van der Waals surface area contributed by atoms with Gasteiger partial charge in [-0.1, -0.05) is 43.7 Å². The summed E-state index contributed by atoms with van der Waals surface area (Å²) in [6.07, 6.45) is 6.47. The zero-order valence-corrected chi connectivity index (χ0v) is 10.8. The van der Waals surface area contributed by atoms with E-state index in [0.717, 1.165) is 0 Å². The van der Waals surface area contributed by atoms with E-state index in [4.69, 9.17) is 0 Å². The van der Waals surface area contributed by atoms with Crippen LogP contribution in [0, 0.1) is 0 Å². The van der Waals surface area contributed by atoms with Crippen LogP contribution in [0.15, 0.2) is 30.3 Å². The predicted molar refractivity (Wildman–Crippen MR) is 71.8 cm³/mol. The third kappa shape index (κ3) is 5.92. The monoisotopic (exact) mass is 219 g/mol. The van der Waals surface area contributed by atoms with Crippen molar-refractivity contribution in [3.63, 3.8) is 0 Å². The molecule has 1 nitrogen and oxygen atoms in total. The fraction of sp³-hybridized carbons (Fsp3) is 0.600. The van der Waals surface area contributed by atoms with E-state index in [0.29, 0.717) is 0 Å². The standard InChI is InChI=1S/C15H25N/c1-3-4-13-16(2)14-9-8-12-15-10-6-5-7-11-15/h5-7,10-11H,3-4,8-9,12-14H2,1-2H3. The quantitative estimate of drug-likeness (QED) is 0.602. The molecule has 90 valence electrons. The Morgan fingerprint density at radius 3 is 2.31 bits per heavy atom. The second-order valence-electron chi connectivity index (χ2n) is 4.60. The summed E-state index contributed by atoms with van der Waals surface area (Å²) in [4.78, 5) is 2.45. The minimum Gasteiger partial charge on any atom is -0.306 e. The Kier molecular flexibility index (Phi) is 6.91. The van der Waals surface area contributed by atoms with Crippen LogP contribution in [-0.4, -0.2) is 25.0 Å². The van der Waals surface area contributed by atoms with E-state index < -0.39 is 0 Å². The van der Waals surface area contributed by atoms with Crippen molar-refractivity contribution >= 4 is 0 Å². The number of unbranched alkanes of at least 4 members (excludes halogenated alkanes) is 2. The molecule has 0 spiro atoms. The lowest BCUT2D eigenvalue weighted by Gasteiger charge is -2.15. The first-order valence-corrected chi connectivity index (χ1v) is 6.55. The molecule has 0 bridgehead atoms. The molecule has 0 aromatic heterocycles. The topological polar surface area (TPSA) is 3.24 Å². The molecule has 0 fully saturated rings. The summed E-state index contributed by atoms with van der Waals surface area (Å²) in [5.74, 6) is 0. The zero-order valence-electron chi connectivity index (χ0n) is 10.8. The van der Waals surface area contributed by atoms with Gasteiger partial charge in [0.25, 0.3) is 0 Å². The average molecular weight is 219 g/mol. The minimum atomic E-state index is 1.22. The summed E-state index contributed by atoms with van der Waals surface area (Å²) >= 11 is 0. The van der Waals surface area contributed by atoms with Gasteiger partial charge < -0.3 is 4.90 Å². The molecular formula is C15H25N. The van der Waals surface area contributed by atoms with Gasteiger partial charge in [-0.15, -0.1) is 0 Å². The molecule has 0 saturated carbocycles. The van der Waals surface area contributed by atoms with E-state index in [1.54, 1.807) is 0 Å². The maximum Gasteiger partial charge on any atom is -0.00217 e. The molecular weight excluding hydrogens is 194 g/mol. The lowest BCUT2D eigenvalue weighted by Crippen LogP contribution is -2.20. The largest absolute Gasteiger partial charge is 0.306 e. The van der Waals surface area contributed by atoms with E-state index in [2.05, 4.69) is 49.2 Å². The van der Waals surface area contributed by atoms with Crippen molar-refractivity contribution in [1.82, 2.24) is 4.90 Å². The van der Waals surface area contributed by atoms with Crippen LogP contribution in [0.2, 0.25) is 0 Å². The normalized spacial score (nSPS) is 10.9. The maximum atomic E-state index is 2.45. The van der Waals surface area contributed by atoms with E-state index >= 15 is 0 Å².